The number of ether oxygens (including phenoxy) is 2. The summed E-state index contributed by atoms with van der Waals surface area (Å²) in [5.41, 5.74) is 4.09. The highest BCUT2D eigenvalue weighted by molar-refractivity contribution is 9.10. The van der Waals surface area contributed by atoms with Crippen molar-refractivity contribution in [3.05, 3.63) is 27.9 Å². The summed E-state index contributed by atoms with van der Waals surface area (Å²) in [7, 11) is 1.79. The molecule has 1 saturated heterocycles. The molecule has 1 aliphatic carbocycles. The van der Waals surface area contributed by atoms with E-state index in [0.29, 0.717) is 0 Å². The minimum absolute atomic E-state index is 0.0814. The zero-order valence-corrected chi connectivity index (χ0v) is 15.4. The Bertz CT molecular complexity index is 736. The molecule has 2 heterocycles. The normalized spacial score (nSPS) is 27.5. The smallest absolute Gasteiger partial charge is 0.150 e. The maximum Gasteiger partial charge on any atom is 0.150 e. The second-order valence-corrected chi connectivity index (χ2v) is 7.85. The lowest BCUT2D eigenvalue weighted by Gasteiger charge is -2.26. The summed E-state index contributed by atoms with van der Waals surface area (Å²) in [5.74, 6) is 0. The van der Waals surface area contributed by atoms with E-state index in [1.165, 1.54) is 32.9 Å². The number of fused-ring (bicyclic) bond motifs is 2. The van der Waals surface area contributed by atoms with Crippen LogP contribution >= 0.6 is 15.9 Å². The second kappa shape index (κ2) is 5.87. The Morgan fingerprint density at radius 3 is 3.09 bits per heavy atom. The Labute approximate surface area is 145 Å². The summed E-state index contributed by atoms with van der Waals surface area (Å²) in [6.07, 6.45) is 7.71. The molecule has 0 spiro atoms. The van der Waals surface area contributed by atoms with Crippen molar-refractivity contribution in [2.45, 2.75) is 50.7 Å². The monoisotopic (exact) mass is 378 g/mol. The van der Waals surface area contributed by atoms with Gasteiger partial charge in [0.05, 0.1) is 18.3 Å². The molecule has 1 aliphatic heterocycles. The first kappa shape index (κ1) is 15.6. The molecule has 1 aromatic heterocycles. The van der Waals surface area contributed by atoms with E-state index in [2.05, 4.69) is 38.7 Å². The fourth-order valence-corrected chi connectivity index (χ4v) is 5.23. The zero-order valence-electron chi connectivity index (χ0n) is 13.8. The average Bonchev–Trinajstić information content (AvgIpc) is 3.11. The van der Waals surface area contributed by atoms with Crippen molar-refractivity contribution in [1.82, 2.24) is 9.78 Å². The molecule has 0 bridgehead atoms. The average molecular weight is 379 g/mol. The topological polar surface area (TPSA) is 36.3 Å². The molecule has 2 unspecified atom stereocenters. The van der Waals surface area contributed by atoms with E-state index in [4.69, 9.17) is 9.47 Å². The maximum absolute atomic E-state index is 5.93. The van der Waals surface area contributed by atoms with Crippen LogP contribution in [0.2, 0.25) is 0 Å². The zero-order chi connectivity index (χ0) is 16.0. The van der Waals surface area contributed by atoms with E-state index < -0.39 is 0 Å². The first-order valence-corrected chi connectivity index (χ1v) is 9.23. The summed E-state index contributed by atoms with van der Waals surface area (Å²) in [4.78, 5) is 0. The highest BCUT2D eigenvalue weighted by Crippen LogP contribution is 2.46. The molecule has 124 valence electrons. The summed E-state index contributed by atoms with van der Waals surface area (Å²) < 4.78 is 14.7. The maximum atomic E-state index is 5.93. The van der Waals surface area contributed by atoms with Crippen LogP contribution in [-0.4, -0.2) is 30.1 Å². The Hall–Kier alpha value is -0.910. The van der Waals surface area contributed by atoms with Crippen molar-refractivity contribution in [2.24, 2.45) is 0 Å². The van der Waals surface area contributed by atoms with Gasteiger partial charge in [0, 0.05) is 29.0 Å². The molecule has 0 N–H and O–H groups in total. The lowest BCUT2D eigenvalue weighted by molar-refractivity contribution is -0.0366. The van der Waals surface area contributed by atoms with Gasteiger partial charge in [-0.3, -0.25) is 0 Å². The molecule has 0 radical (unpaired) electrons. The van der Waals surface area contributed by atoms with E-state index in [0.717, 1.165) is 38.9 Å². The van der Waals surface area contributed by atoms with Crippen LogP contribution in [0.25, 0.3) is 10.9 Å². The summed E-state index contributed by atoms with van der Waals surface area (Å²) in [6.45, 7) is 3.89. The highest BCUT2D eigenvalue weighted by Gasteiger charge is 2.37. The van der Waals surface area contributed by atoms with Crippen LogP contribution in [0.15, 0.2) is 16.7 Å². The van der Waals surface area contributed by atoms with Crippen molar-refractivity contribution in [3.8, 4) is 0 Å². The number of methoxy groups -OCH3 is 1. The van der Waals surface area contributed by atoms with Crippen molar-refractivity contribution in [3.63, 3.8) is 0 Å². The van der Waals surface area contributed by atoms with Gasteiger partial charge in [-0.05, 0) is 65.2 Å². The van der Waals surface area contributed by atoms with Gasteiger partial charge < -0.3 is 9.47 Å². The summed E-state index contributed by atoms with van der Waals surface area (Å²) in [5, 5.41) is 5.83. The van der Waals surface area contributed by atoms with Crippen LogP contribution < -0.4 is 0 Å². The third-order valence-electron chi connectivity index (χ3n) is 5.36. The third kappa shape index (κ3) is 2.44. The van der Waals surface area contributed by atoms with E-state index >= 15 is 0 Å². The summed E-state index contributed by atoms with van der Waals surface area (Å²) >= 11 is 3.87. The van der Waals surface area contributed by atoms with Gasteiger partial charge in [0.2, 0.25) is 0 Å². The quantitative estimate of drug-likeness (QED) is 0.796. The number of nitrogens with zero attached hydrogens (tertiary/aromatic N) is 2. The fraction of sp³-hybridized carbons (Fsp3) is 0.611. The van der Waals surface area contributed by atoms with Gasteiger partial charge in [0.25, 0.3) is 0 Å². The van der Waals surface area contributed by atoms with Gasteiger partial charge >= 0.3 is 0 Å². The number of aryl methyl sites for hydroxylation is 1. The van der Waals surface area contributed by atoms with Gasteiger partial charge in [-0.25, -0.2) is 4.68 Å². The molecule has 5 heteroatoms. The Balaban J connectivity index is 1.83. The number of hydrogen-bond acceptors (Lipinski definition) is 3. The molecule has 2 aromatic rings. The molecular formula is C18H23BrN2O2. The van der Waals surface area contributed by atoms with Crippen LogP contribution in [0.1, 0.15) is 50.0 Å². The van der Waals surface area contributed by atoms with E-state index in [1.54, 1.807) is 7.11 Å². The van der Waals surface area contributed by atoms with Crippen LogP contribution in [-0.2, 0) is 21.3 Å². The Morgan fingerprint density at radius 1 is 1.48 bits per heavy atom. The summed E-state index contributed by atoms with van der Waals surface area (Å²) in [6, 6.07) is 2.32. The highest BCUT2D eigenvalue weighted by atomic mass is 79.9. The molecule has 0 saturated carbocycles. The fourth-order valence-electron chi connectivity index (χ4n) is 4.19. The number of halogens is 1. The SMILES string of the molecule is COCC1(C)CCc2cc3c(cnn3C3CCCCO3)c(Br)c21. The number of aromatic nitrogens is 2. The van der Waals surface area contributed by atoms with Gasteiger partial charge in [0.1, 0.15) is 0 Å². The van der Waals surface area contributed by atoms with Crippen molar-refractivity contribution in [2.75, 3.05) is 20.3 Å². The van der Waals surface area contributed by atoms with Crippen LogP contribution in [0.4, 0.5) is 0 Å². The van der Waals surface area contributed by atoms with Crippen molar-refractivity contribution in [1.29, 1.82) is 0 Å². The lowest BCUT2D eigenvalue weighted by atomic mass is 9.84. The third-order valence-corrected chi connectivity index (χ3v) is 6.19. The molecule has 4 rings (SSSR count). The van der Waals surface area contributed by atoms with Crippen LogP contribution in [0.3, 0.4) is 0 Å². The van der Waals surface area contributed by atoms with E-state index in [9.17, 15) is 0 Å². The van der Waals surface area contributed by atoms with E-state index in [1.807, 2.05) is 6.20 Å². The molecular weight excluding hydrogens is 356 g/mol. The van der Waals surface area contributed by atoms with Gasteiger partial charge in [-0.1, -0.05) is 6.92 Å². The van der Waals surface area contributed by atoms with Crippen molar-refractivity contribution >= 4 is 26.8 Å². The second-order valence-electron chi connectivity index (χ2n) is 7.06. The van der Waals surface area contributed by atoms with Crippen LogP contribution in [0, 0.1) is 0 Å². The lowest BCUT2D eigenvalue weighted by Crippen LogP contribution is -2.25. The van der Waals surface area contributed by atoms with Crippen LogP contribution in [0.5, 0.6) is 0 Å². The van der Waals surface area contributed by atoms with Gasteiger partial charge in [-0.2, -0.15) is 5.10 Å². The minimum atomic E-state index is 0.0814. The molecule has 0 amide bonds. The first-order chi connectivity index (χ1) is 11.1. The van der Waals surface area contributed by atoms with Gasteiger partial charge in [0.15, 0.2) is 6.23 Å². The molecule has 23 heavy (non-hydrogen) atoms. The first-order valence-electron chi connectivity index (χ1n) is 8.44. The predicted molar refractivity (Wildman–Crippen MR) is 93.8 cm³/mol. The molecule has 4 nitrogen and oxygen atoms in total. The Kier molecular flexibility index (Phi) is 3.98. The number of hydrogen-bond donors (Lipinski definition) is 0. The van der Waals surface area contributed by atoms with E-state index in [-0.39, 0.29) is 11.6 Å². The predicted octanol–water partition coefficient (Wildman–Crippen LogP) is 4.35. The number of rotatable bonds is 3. The van der Waals surface area contributed by atoms with Gasteiger partial charge in [-0.15, -0.1) is 0 Å². The number of benzene rings is 1. The largest absolute Gasteiger partial charge is 0.384 e. The Morgan fingerprint density at radius 2 is 2.35 bits per heavy atom. The molecule has 1 fully saturated rings. The van der Waals surface area contributed by atoms with Crippen molar-refractivity contribution < 1.29 is 9.47 Å². The standard InChI is InChI=1S/C18H23BrN2O2/c1-18(11-22-2)7-6-12-9-14-13(17(19)16(12)18)10-20-21(14)15-5-3-4-8-23-15/h9-10,15H,3-8,11H2,1-2H3. The molecule has 2 atom stereocenters. The minimum Gasteiger partial charge on any atom is -0.384 e. The molecule has 1 aromatic carbocycles. The molecule has 2 aliphatic rings.